The molecule has 1 N–H and O–H groups in total. The van der Waals surface area contributed by atoms with Crippen molar-refractivity contribution in [1.82, 2.24) is 15.3 Å². The van der Waals surface area contributed by atoms with E-state index in [2.05, 4.69) is 17.2 Å². The van der Waals surface area contributed by atoms with E-state index in [9.17, 15) is 0 Å². The molecule has 0 aliphatic carbocycles. The summed E-state index contributed by atoms with van der Waals surface area (Å²) < 4.78 is 5.40. The van der Waals surface area contributed by atoms with Crippen LogP contribution in [0.3, 0.4) is 0 Å². The zero-order chi connectivity index (χ0) is 13.2. The van der Waals surface area contributed by atoms with E-state index in [-0.39, 0.29) is 0 Å². The monoisotopic (exact) mass is 255 g/mol. The van der Waals surface area contributed by atoms with E-state index in [1.54, 1.807) is 7.11 Å². The van der Waals surface area contributed by atoms with Gasteiger partial charge in [0.15, 0.2) is 5.82 Å². The van der Waals surface area contributed by atoms with Gasteiger partial charge in [0, 0.05) is 24.3 Å². The molecule has 4 heteroatoms. The molecule has 19 heavy (non-hydrogen) atoms. The molecule has 3 rings (SSSR count). The van der Waals surface area contributed by atoms with E-state index in [0.717, 1.165) is 48.0 Å². The van der Waals surface area contributed by atoms with Gasteiger partial charge in [-0.3, -0.25) is 0 Å². The molecule has 1 aliphatic rings. The zero-order valence-electron chi connectivity index (χ0n) is 11.2. The van der Waals surface area contributed by atoms with Gasteiger partial charge in [-0.25, -0.2) is 9.97 Å². The minimum atomic E-state index is 0.761. The predicted molar refractivity (Wildman–Crippen MR) is 73.9 cm³/mol. The van der Waals surface area contributed by atoms with Crippen molar-refractivity contribution < 1.29 is 4.74 Å². The van der Waals surface area contributed by atoms with E-state index in [0.29, 0.717) is 0 Å². The molecule has 1 aromatic carbocycles. The van der Waals surface area contributed by atoms with Gasteiger partial charge >= 0.3 is 0 Å². The SMILES string of the molecule is CCc1nc(-c2ccccc2OC)nc2c1CNC2. The van der Waals surface area contributed by atoms with Gasteiger partial charge in [-0.05, 0) is 18.6 Å². The van der Waals surface area contributed by atoms with Gasteiger partial charge in [-0.1, -0.05) is 19.1 Å². The maximum absolute atomic E-state index is 5.40. The summed E-state index contributed by atoms with van der Waals surface area (Å²) in [5.74, 6) is 1.58. The Balaban J connectivity index is 2.15. The van der Waals surface area contributed by atoms with E-state index in [1.807, 2.05) is 24.3 Å². The zero-order valence-corrected chi connectivity index (χ0v) is 11.2. The van der Waals surface area contributed by atoms with Crippen LogP contribution in [-0.4, -0.2) is 17.1 Å². The summed E-state index contributed by atoms with van der Waals surface area (Å²) in [6, 6.07) is 7.88. The number of methoxy groups -OCH3 is 1. The summed E-state index contributed by atoms with van der Waals surface area (Å²) in [6.07, 6.45) is 0.925. The number of hydrogen-bond acceptors (Lipinski definition) is 4. The molecule has 0 fully saturated rings. The van der Waals surface area contributed by atoms with Crippen LogP contribution in [-0.2, 0) is 19.5 Å². The van der Waals surface area contributed by atoms with Gasteiger partial charge in [0.25, 0.3) is 0 Å². The highest BCUT2D eigenvalue weighted by Gasteiger charge is 2.19. The Hall–Kier alpha value is -1.94. The summed E-state index contributed by atoms with van der Waals surface area (Å²) in [4.78, 5) is 9.40. The number of aromatic nitrogens is 2. The van der Waals surface area contributed by atoms with Crippen LogP contribution in [0.2, 0.25) is 0 Å². The first-order valence-electron chi connectivity index (χ1n) is 6.56. The maximum atomic E-state index is 5.40. The standard InChI is InChI=1S/C15H17N3O/c1-3-12-11-8-16-9-13(11)18-15(17-12)10-6-4-5-7-14(10)19-2/h4-7,16H,3,8-9H2,1-2H3. The lowest BCUT2D eigenvalue weighted by Gasteiger charge is -2.10. The molecule has 4 nitrogen and oxygen atoms in total. The quantitative estimate of drug-likeness (QED) is 0.914. The molecular weight excluding hydrogens is 238 g/mol. The highest BCUT2D eigenvalue weighted by atomic mass is 16.5. The van der Waals surface area contributed by atoms with Crippen LogP contribution in [0.15, 0.2) is 24.3 Å². The van der Waals surface area contributed by atoms with Crippen molar-refractivity contribution in [3.05, 3.63) is 41.2 Å². The van der Waals surface area contributed by atoms with Crippen LogP contribution in [0.4, 0.5) is 0 Å². The van der Waals surface area contributed by atoms with Crippen molar-refractivity contribution in [2.45, 2.75) is 26.4 Å². The van der Waals surface area contributed by atoms with Gasteiger partial charge < -0.3 is 10.1 Å². The van der Waals surface area contributed by atoms with Crippen LogP contribution < -0.4 is 10.1 Å². The molecular formula is C15H17N3O. The summed E-state index contributed by atoms with van der Waals surface area (Å²) in [7, 11) is 1.68. The van der Waals surface area contributed by atoms with Crippen molar-refractivity contribution in [2.75, 3.05) is 7.11 Å². The molecule has 2 heterocycles. The molecule has 0 saturated heterocycles. The number of rotatable bonds is 3. The maximum Gasteiger partial charge on any atom is 0.163 e. The summed E-state index contributed by atoms with van der Waals surface area (Å²) in [6.45, 7) is 3.84. The highest BCUT2D eigenvalue weighted by molar-refractivity contribution is 5.64. The summed E-state index contributed by atoms with van der Waals surface area (Å²) in [5.41, 5.74) is 4.47. The fourth-order valence-electron chi connectivity index (χ4n) is 2.48. The topological polar surface area (TPSA) is 47.0 Å². The number of nitrogens with zero attached hydrogens (tertiary/aromatic N) is 2. The van der Waals surface area contributed by atoms with Crippen molar-refractivity contribution in [2.24, 2.45) is 0 Å². The lowest BCUT2D eigenvalue weighted by molar-refractivity contribution is 0.416. The smallest absolute Gasteiger partial charge is 0.163 e. The second kappa shape index (κ2) is 4.97. The van der Waals surface area contributed by atoms with Gasteiger partial charge in [0.1, 0.15) is 5.75 Å². The first kappa shape index (κ1) is 12.1. The van der Waals surface area contributed by atoms with Crippen molar-refractivity contribution in [3.8, 4) is 17.1 Å². The second-order valence-corrected chi connectivity index (χ2v) is 4.58. The Morgan fingerprint density at radius 3 is 2.84 bits per heavy atom. The Labute approximate surface area is 112 Å². The molecule has 1 aliphatic heterocycles. The van der Waals surface area contributed by atoms with Crippen molar-refractivity contribution in [1.29, 1.82) is 0 Å². The number of aryl methyl sites for hydroxylation is 1. The Bertz CT molecular complexity index is 610. The number of ether oxygens (including phenoxy) is 1. The van der Waals surface area contributed by atoms with Gasteiger partial charge in [-0.15, -0.1) is 0 Å². The van der Waals surface area contributed by atoms with Crippen LogP contribution in [0, 0.1) is 0 Å². The lowest BCUT2D eigenvalue weighted by atomic mass is 10.1. The molecule has 0 amide bonds. The average Bonchev–Trinajstić information content (AvgIpc) is 2.94. The molecule has 0 bridgehead atoms. The Morgan fingerprint density at radius 1 is 1.21 bits per heavy atom. The van der Waals surface area contributed by atoms with Crippen LogP contribution >= 0.6 is 0 Å². The van der Waals surface area contributed by atoms with E-state index < -0.39 is 0 Å². The fraction of sp³-hybridized carbons (Fsp3) is 0.333. The molecule has 0 atom stereocenters. The fourth-order valence-corrected chi connectivity index (χ4v) is 2.48. The molecule has 2 aromatic rings. The third kappa shape index (κ3) is 2.08. The Morgan fingerprint density at radius 2 is 2.05 bits per heavy atom. The number of nitrogens with one attached hydrogen (secondary N) is 1. The largest absolute Gasteiger partial charge is 0.496 e. The molecule has 1 aromatic heterocycles. The molecule has 0 radical (unpaired) electrons. The second-order valence-electron chi connectivity index (χ2n) is 4.58. The lowest BCUT2D eigenvalue weighted by Crippen LogP contribution is -2.03. The minimum Gasteiger partial charge on any atom is -0.496 e. The average molecular weight is 255 g/mol. The number of fused-ring (bicyclic) bond motifs is 1. The summed E-state index contributed by atoms with van der Waals surface area (Å²) >= 11 is 0. The number of benzene rings is 1. The molecule has 0 unspecified atom stereocenters. The molecule has 0 saturated carbocycles. The predicted octanol–water partition coefficient (Wildman–Crippen LogP) is 2.32. The van der Waals surface area contributed by atoms with Crippen LogP contribution in [0.1, 0.15) is 23.9 Å². The first-order valence-corrected chi connectivity index (χ1v) is 6.56. The van der Waals surface area contributed by atoms with Crippen molar-refractivity contribution >= 4 is 0 Å². The van der Waals surface area contributed by atoms with Gasteiger partial charge in [0.05, 0.1) is 18.4 Å². The Kier molecular flexibility index (Phi) is 3.17. The van der Waals surface area contributed by atoms with Crippen LogP contribution in [0.25, 0.3) is 11.4 Å². The van der Waals surface area contributed by atoms with E-state index in [1.165, 1.54) is 5.56 Å². The first-order chi connectivity index (χ1) is 9.33. The molecule has 98 valence electrons. The third-order valence-corrected chi connectivity index (χ3v) is 3.46. The number of para-hydroxylation sites is 1. The number of hydrogen-bond donors (Lipinski definition) is 1. The minimum absolute atomic E-state index is 0.761. The summed E-state index contributed by atoms with van der Waals surface area (Å²) in [5, 5.41) is 3.34. The van der Waals surface area contributed by atoms with Crippen molar-refractivity contribution in [3.63, 3.8) is 0 Å². The normalized spacial score (nSPS) is 13.4. The van der Waals surface area contributed by atoms with E-state index in [4.69, 9.17) is 9.72 Å². The van der Waals surface area contributed by atoms with Crippen LogP contribution in [0.5, 0.6) is 5.75 Å². The highest BCUT2D eigenvalue weighted by Crippen LogP contribution is 2.29. The molecule has 0 spiro atoms. The van der Waals surface area contributed by atoms with Gasteiger partial charge in [0.2, 0.25) is 0 Å². The van der Waals surface area contributed by atoms with Gasteiger partial charge in [-0.2, -0.15) is 0 Å². The third-order valence-electron chi connectivity index (χ3n) is 3.46. The van der Waals surface area contributed by atoms with E-state index >= 15 is 0 Å².